The average molecular weight is 296 g/mol. The van der Waals surface area contributed by atoms with Crippen molar-refractivity contribution in [3.05, 3.63) is 47.7 Å². The normalized spacial score (nSPS) is 10.7. The molecule has 0 heterocycles. The molecule has 0 unspecified atom stereocenters. The van der Waals surface area contributed by atoms with E-state index in [0.29, 0.717) is 19.5 Å². The van der Waals surface area contributed by atoms with Crippen molar-refractivity contribution < 1.29 is 4.79 Å². The number of carbonyl (C=O) groups excluding carboxylic acids is 1. The molecule has 1 amide bonds. The van der Waals surface area contributed by atoms with Gasteiger partial charge in [0.15, 0.2) is 0 Å². The van der Waals surface area contributed by atoms with Crippen molar-refractivity contribution in [1.29, 1.82) is 10.5 Å². The summed E-state index contributed by atoms with van der Waals surface area (Å²) in [4.78, 5) is 14.2. The van der Waals surface area contributed by atoms with Crippen LogP contribution in [0.25, 0.3) is 0 Å². The Morgan fingerprint density at radius 3 is 2.55 bits per heavy atom. The number of carbonyl (C=O) groups is 1. The first kappa shape index (κ1) is 17.3. The molecule has 0 aliphatic heterocycles. The highest BCUT2D eigenvalue weighted by molar-refractivity contribution is 5.97. The van der Waals surface area contributed by atoms with E-state index in [1.165, 1.54) is 6.20 Å². The van der Waals surface area contributed by atoms with Gasteiger partial charge in [0.05, 0.1) is 12.5 Å². The summed E-state index contributed by atoms with van der Waals surface area (Å²) in [5, 5.41) is 20.5. The maximum atomic E-state index is 12.5. The summed E-state index contributed by atoms with van der Waals surface area (Å²) in [6.45, 7) is 4.70. The van der Waals surface area contributed by atoms with Gasteiger partial charge in [0.25, 0.3) is 5.91 Å². The molecule has 0 aromatic heterocycles. The Kier molecular flexibility index (Phi) is 7.22. The molecule has 0 bridgehead atoms. The number of nitrogens with one attached hydrogen (secondary N) is 1. The third-order valence-corrected chi connectivity index (χ3v) is 3.06. The van der Waals surface area contributed by atoms with E-state index in [2.05, 4.69) is 5.32 Å². The summed E-state index contributed by atoms with van der Waals surface area (Å²) < 4.78 is 0. The second kappa shape index (κ2) is 9.20. The first-order valence-corrected chi connectivity index (χ1v) is 7.15. The predicted octanol–water partition coefficient (Wildman–Crippen LogP) is 2.33. The molecule has 0 aliphatic rings. The van der Waals surface area contributed by atoms with Gasteiger partial charge in [-0.2, -0.15) is 10.5 Å². The third kappa shape index (κ3) is 5.30. The van der Waals surface area contributed by atoms with Crippen LogP contribution in [0.1, 0.15) is 25.8 Å². The highest BCUT2D eigenvalue weighted by Crippen LogP contribution is 2.12. The maximum absolute atomic E-state index is 12.5. The van der Waals surface area contributed by atoms with Crippen molar-refractivity contribution in [2.24, 2.45) is 0 Å². The zero-order chi connectivity index (χ0) is 16.4. The molecule has 1 rings (SSSR count). The smallest absolute Gasteiger partial charge is 0.266 e. The van der Waals surface area contributed by atoms with Gasteiger partial charge in [-0.25, -0.2) is 0 Å². The molecule has 22 heavy (non-hydrogen) atoms. The van der Waals surface area contributed by atoms with Crippen LogP contribution in [0.15, 0.2) is 42.1 Å². The molecule has 0 radical (unpaired) electrons. The monoisotopic (exact) mass is 296 g/mol. The molecule has 5 heteroatoms. The molecule has 0 saturated heterocycles. The second-order valence-electron chi connectivity index (χ2n) is 5.04. The lowest BCUT2D eigenvalue weighted by Gasteiger charge is -2.26. The van der Waals surface area contributed by atoms with Gasteiger partial charge in [0.1, 0.15) is 11.6 Å². The lowest BCUT2D eigenvalue weighted by Crippen LogP contribution is -2.37. The van der Waals surface area contributed by atoms with E-state index in [-0.39, 0.29) is 17.5 Å². The van der Waals surface area contributed by atoms with Gasteiger partial charge in [-0.3, -0.25) is 4.79 Å². The Morgan fingerprint density at radius 2 is 2.00 bits per heavy atom. The van der Waals surface area contributed by atoms with Gasteiger partial charge in [-0.05, 0) is 19.4 Å². The minimum absolute atomic E-state index is 0.0245. The molecule has 1 aromatic carbocycles. The number of nitrogens with zero attached hydrogens (tertiary/aromatic N) is 3. The topological polar surface area (TPSA) is 79.9 Å². The van der Waals surface area contributed by atoms with Crippen LogP contribution in [-0.2, 0) is 11.3 Å². The quantitative estimate of drug-likeness (QED) is 0.476. The average Bonchev–Trinajstić information content (AvgIpc) is 2.53. The van der Waals surface area contributed by atoms with E-state index in [1.54, 1.807) is 4.90 Å². The summed E-state index contributed by atoms with van der Waals surface area (Å²) in [6, 6.07) is 13.5. The Labute approximate surface area is 131 Å². The molecule has 1 aromatic rings. The predicted molar refractivity (Wildman–Crippen MR) is 84.1 cm³/mol. The van der Waals surface area contributed by atoms with E-state index in [4.69, 9.17) is 5.26 Å². The van der Waals surface area contributed by atoms with Gasteiger partial charge in [-0.1, -0.05) is 30.3 Å². The number of nitriles is 2. The van der Waals surface area contributed by atoms with E-state index >= 15 is 0 Å². The van der Waals surface area contributed by atoms with Crippen LogP contribution in [0.4, 0.5) is 0 Å². The van der Waals surface area contributed by atoms with Gasteiger partial charge >= 0.3 is 0 Å². The summed E-state index contributed by atoms with van der Waals surface area (Å²) >= 11 is 0. The number of hydrogen-bond donors (Lipinski definition) is 1. The van der Waals surface area contributed by atoms with Crippen molar-refractivity contribution in [1.82, 2.24) is 10.2 Å². The number of rotatable bonds is 7. The van der Waals surface area contributed by atoms with Crippen LogP contribution in [-0.4, -0.2) is 23.4 Å². The molecule has 0 spiro atoms. The van der Waals surface area contributed by atoms with Crippen LogP contribution in [0.5, 0.6) is 0 Å². The molecule has 5 nitrogen and oxygen atoms in total. The van der Waals surface area contributed by atoms with E-state index in [1.807, 2.05) is 56.3 Å². The fraction of sp³-hybridized carbons (Fsp3) is 0.353. The highest BCUT2D eigenvalue weighted by atomic mass is 16.2. The summed E-state index contributed by atoms with van der Waals surface area (Å²) in [5.74, 6) is -0.314. The first-order valence-electron chi connectivity index (χ1n) is 7.15. The molecular weight excluding hydrogens is 276 g/mol. The molecule has 1 N–H and O–H groups in total. The zero-order valence-corrected chi connectivity index (χ0v) is 12.9. The Hall–Kier alpha value is -2.79. The van der Waals surface area contributed by atoms with Crippen LogP contribution >= 0.6 is 0 Å². The van der Waals surface area contributed by atoms with Gasteiger partial charge in [0.2, 0.25) is 0 Å². The minimum Gasteiger partial charge on any atom is -0.389 e. The Bertz CT molecular complexity index is 593. The van der Waals surface area contributed by atoms with Crippen LogP contribution in [0, 0.1) is 22.7 Å². The van der Waals surface area contributed by atoms with Crippen molar-refractivity contribution >= 4 is 5.91 Å². The summed E-state index contributed by atoms with van der Waals surface area (Å²) in [6.07, 6.45) is 1.71. The number of amides is 1. The standard InChI is InChI=1S/C17H20N4O/c1-14(2)21(13-15-7-4-3-5-8-15)17(22)16(11-19)12-20-10-6-9-18/h3-5,7-8,12,14,20H,6,10,13H2,1-2H3/b16-12-. The second-order valence-corrected chi connectivity index (χ2v) is 5.04. The van der Waals surface area contributed by atoms with Crippen LogP contribution in [0.3, 0.4) is 0 Å². The lowest BCUT2D eigenvalue weighted by molar-refractivity contribution is -0.129. The zero-order valence-electron chi connectivity index (χ0n) is 12.9. The van der Waals surface area contributed by atoms with Crippen molar-refractivity contribution in [2.45, 2.75) is 32.9 Å². The van der Waals surface area contributed by atoms with Crippen molar-refractivity contribution in [2.75, 3.05) is 6.54 Å². The fourth-order valence-electron chi connectivity index (χ4n) is 1.87. The van der Waals surface area contributed by atoms with E-state index < -0.39 is 0 Å². The summed E-state index contributed by atoms with van der Waals surface area (Å²) in [7, 11) is 0. The molecule has 114 valence electrons. The minimum atomic E-state index is -0.314. The Morgan fingerprint density at radius 1 is 1.32 bits per heavy atom. The van der Waals surface area contributed by atoms with Gasteiger partial charge < -0.3 is 10.2 Å². The maximum Gasteiger partial charge on any atom is 0.266 e. The SMILES string of the molecule is CC(C)N(Cc1ccccc1)C(=O)/C(C#N)=C\NCCC#N. The van der Waals surface area contributed by atoms with Crippen LogP contribution < -0.4 is 5.32 Å². The van der Waals surface area contributed by atoms with Crippen LogP contribution in [0.2, 0.25) is 0 Å². The summed E-state index contributed by atoms with van der Waals surface area (Å²) in [5.41, 5.74) is 1.06. The first-order chi connectivity index (χ1) is 10.6. The Balaban J connectivity index is 2.83. The molecular formula is C17H20N4O. The molecule has 0 saturated carbocycles. The third-order valence-electron chi connectivity index (χ3n) is 3.06. The molecule has 0 aliphatic carbocycles. The van der Waals surface area contributed by atoms with Crippen molar-refractivity contribution in [3.8, 4) is 12.1 Å². The lowest BCUT2D eigenvalue weighted by atomic mass is 10.1. The van der Waals surface area contributed by atoms with Gasteiger partial charge in [0, 0.05) is 25.3 Å². The number of hydrogen-bond acceptors (Lipinski definition) is 4. The fourth-order valence-corrected chi connectivity index (χ4v) is 1.87. The highest BCUT2D eigenvalue weighted by Gasteiger charge is 2.21. The molecule has 0 atom stereocenters. The number of benzene rings is 1. The largest absolute Gasteiger partial charge is 0.389 e. The van der Waals surface area contributed by atoms with E-state index in [9.17, 15) is 10.1 Å². The van der Waals surface area contributed by atoms with Gasteiger partial charge in [-0.15, -0.1) is 0 Å². The van der Waals surface area contributed by atoms with E-state index in [0.717, 1.165) is 5.56 Å². The van der Waals surface area contributed by atoms with Crippen molar-refractivity contribution in [3.63, 3.8) is 0 Å². The molecule has 0 fully saturated rings.